The van der Waals surface area contributed by atoms with Crippen molar-refractivity contribution in [2.45, 2.75) is 50.4 Å². The molecule has 16 heavy (non-hydrogen) atoms. The second kappa shape index (κ2) is 5.44. The summed E-state index contributed by atoms with van der Waals surface area (Å²) in [4.78, 5) is 4.28. The molecule has 0 saturated heterocycles. The van der Waals surface area contributed by atoms with Gasteiger partial charge in [0, 0.05) is 12.4 Å². The molecule has 88 valence electrons. The first-order chi connectivity index (χ1) is 7.87. The van der Waals surface area contributed by atoms with Crippen LogP contribution in [-0.4, -0.2) is 11.5 Å². The molecule has 0 bridgehead atoms. The lowest BCUT2D eigenvalue weighted by molar-refractivity contribution is 0.347. The fourth-order valence-corrected chi connectivity index (χ4v) is 3.04. The van der Waals surface area contributed by atoms with Crippen molar-refractivity contribution in [1.82, 2.24) is 4.98 Å². The maximum Gasteiger partial charge on any atom is 0.0305 e. The van der Waals surface area contributed by atoms with Gasteiger partial charge in [0.05, 0.1) is 0 Å². The van der Waals surface area contributed by atoms with Gasteiger partial charge in [-0.05, 0) is 42.9 Å². The van der Waals surface area contributed by atoms with Gasteiger partial charge in [-0.25, -0.2) is 0 Å². The minimum absolute atomic E-state index is 0.319. The van der Waals surface area contributed by atoms with Crippen LogP contribution in [0.25, 0.3) is 0 Å². The average molecular weight is 218 g/mol. The normalized spacial score (nSPS) is 20.3. The van der Waals surface area contributed by atoms with Gasteiger partial charge in [0.25, 0.3) is 0 Å². The Morgan fingerprint density at radius 2 is 1.94 bits per heavy atom. The number of hydrogen-bond donors (Lipinski definition) is 1. The molecule has 0 aliphatic heterocycles. The first kappa shape index (κ1) is 11.6. The van der Waals surface area contributed by atoms with E-state index in [1.807, 2.05) is 12.4 Å². The quantitative estimate of drug-likeness (QED) is 0.792. The smallest absolute Gasteiger partial charge is 0.0305 e. The summed E-state index contributed by atoms with van der Waals surface area (Å²) in [7, 11) is 0. The van der Waals surface area contributed by atoms with Crippen LogP contribution >= 0.6 is 0 Å². The van der Waals surface area contributed by atoms with Gasteiger partial charge in [-0.1, -0.05) is 31.7 Å². The van der Waals surface area contributed by atoms with Crippen LogP contribution in [0, 0.1) is 0 Å². The molecule has 1 heterocycles. The molecule has 0 aromatic carbocycles. The lowest BCUT2D eigenvalue weighted by Crippen LogP contribution is -2.28. The van der Waals surface area contributed by atoms with Gasteiger partial charge in [-0.15, -0.1) is 0 Å². The van der Waals surface area contributed by atoms with Crippen LogP contribution in [0.1, 0.15) is 50.5 Å². The van der Waals surface area contributed by atoms with Crippen LogP contribution in [0.5, 0.6) is 0 Å². The zero-order chi connectivity index (χ0) is 11.3. The molecule has 1 aromatic heterocycles. The van der Waals surface area contributed by atoms with E-state index in [4.69, 9.17) is 5.73 Å². The van der Waals surface area contributed by atoms with E-state index in [2.05, 4.69) is 17.1 Å². The number of hydrogen-bond acceptors (Lipinski definition) is 2. The van der Waals surface area contributed by atoms with Gasteiger partial charge < -0.3 is 5.73 Å². The zero-order valence-electron chi connectivity index (χ0n) is 9.99. The van der Waals surface area contributed by atoms with Gasteiger partial charge in [-0.3, -0.25) is 4.98 Å². The molecular formula is C14H22N2. The van der Waals surface area contributed by atoms with Crippen LogP contribution in [0.3, 0.4) is 0 Å². The summed E-state index contributed by atoms with van der Waals surface area (Å²) in [6.07, 6.45) is 13.0. The molecule has 0 amide bonds. The largest absolute Gasteiger partial charge is 0.330 e. The monoisotopic (exact) mass is 218 g/mol. The predicted octanol–water partition coefficient (Wildman–Crippen LogP) is 3.02. The highest BCUT2D eigenvalue weighted by molar-refractivity contribution is 5.22. The molecule has 1 fully saturated rings. The second-order valence-electron chi connectivity index (χ2n) is 4.97. The molecule has 1 saturated carbocycles. The molecule has 2 nitrogen and oxygen atoms in total. The SMILES string of the molecule is NCCC1(c2cccnc2)CCCCCC1. The minimum Gasteiger partial charge on any atom is -0.330 e. The Morgan fingerprint density at radius 3 is 2.50 bits per heavy atom. The Bertz CT molecular complexity index is 300. The lowest BCUT2D eigenvalue weighted by Gasteiger charge is -2.33. The molecule has 2 N–H and O–H groups in total. The van der Waals surface area contributed by atoms with E-state index in [0.29, 0.717) is 5.41 Å². The Hall–Kier alpha value is -0.890. The molecule has 0 spiro atoms. The van der Waals surface area contributed by atoms with Crippen LogP contribution in [-0.2, 0) is 5.41 Å². The van der Waals surface area contributed by atoms with E-state index in [1.54, 1.807) is 0 Å². The Morgan fingerprint density at radius 1 is 1.19 bits per heavy atom. The summed E-state index contributed by atoms with van der Waals surface area (Å²) < 4.78 is 0. The fraction of sp³-hybridized carbons (Fsp3) is 0.643. The van der Waals surface area contributed by atoms with Crippen molar-refractivity contribution in [1.29, 1.82) is 0 Å². The number of aromatic nitrogens is 1. The summed E-state index contributed by atoms with van der Waals surface area (Å²) in [6, 6.07) is 4.28. The first-order valence-electron chi connectivity index (χ1n) is 6.48. The van der Waals surface area contributed by atoms with E-state index in [-0.39, 0.29) is 0 Å². The number of rotatable bonds is 3. The number of nitrogens with zero attached hydrogens (tertiary/aromatic N) is 1. The maximum atomic E-state index is 5.81. The van der Waals surface area contributed by atoms with E-state index in [9.17, 15) is 0 Å². The van der Waals surface area contributed by atoms with Gasteiger partial charge in [0.2, 0.25) is 0 Å². The van der Waals surface area contributed by atoms with E-state index in [1.165, 1.54) is 44.1 Å². The predicted molar refractivity (Wildman–Crippen MR) is 67.3 cm³/mol. The van der Waals surface area contributed by atoms with Crippen LogP contribution < -0.4 is 5.73 Å². The van der Waals surface area contributed by atoms with Crippen LogP contribution in [0.4, 0.5) is 0 Å². The highest BCUT2D eigenvalue weighted by Crippen LogP contribution is 2.40. The van der Waals surface area contributed by atoms with Crippen molar-refractivity contribution in [3.8, 4) is 0 Å². The molecule has 1 aliphatic carbocycles. The Balaban J connectivity index is 2.26. The molecule has 1 aliphatic rings. The molecule has 2 rings (SSSR count). The molecule has 0 atom stereocenters. The minimum atomic E-state index is 0.319. The fourth-order valence-electron chi connectivity index (χ4n) is 3.04. The van der Waals surface area contributed by atoms with E-state index in [0.717, 1.165) is 13.0 Å². The van der Waals surface area contributed by atoms with Crippen molar-refractivity contribution in [2.24, 2.45) is 5.73 Å². The van der Waals surface area contributed by atoms with Crippen LogP contribution in [0.15, 0.2) is 24.5 Å². The summed E-state index contributed by atoms with van der Waals surface area (Å²) in [5, 5.41) is 0. The van der Waals surface area contributed by atoms with Crippen molar-refractivity contribution < 1.29 is 0 Å². The third-order valence-electron chi connectivity index (χ3n) is 3.96. The first-order valence-corrected chi connectivity index (χ1v) is 6.48. The molecule has 0 radical (unpaired) electrons. The van der Waals surface area contributed by atoms with Crippen molar-refractivity contribution >= 4 is 0 Å². The van der Waals surface area contributed by atoms with Gasteiger partial charge in [0.15, 0.2) is 0 Å². The van der Waals surface area contributed by atoms with Crippen molar-refractivity contribution in [2.75, 3.05) is 6.54 Å². The molecule has 2 heteroatoms. The number of pyridine rings is 1. The van der Waals surface area contributed by atoms with E-state index >= 15 is 0 Å². The number of nitrogens with two attached hydrogens (primary N) is 1. The molecular weight excluding hydrogens is 196 g/mol. The van der Waals surface area contributed by atoms with Gasteiger partial charge >= 0.3 is 0 Å². The topological polar surface area (TPSA) is 38.9 Å². The maximum absolute atomic E-state index is 5.81. The van der Waals surface area contributed by atoms with Gasteiger partial charge in [-0.2, -0.15) is 0 Å². The molecule has 0 unspecified atom stereocenters. The van der Waals surface area contributed by atoms with E-state index < -0.39 is 0 Å². The summed E-state index contributed by atoms with van der Waals surface area (Å²) >= 11 is 0. The third-order valence-corrected chi connectivity index (χ3v) is 3.96. The highest BCUT2D eigenvalue weighted by Gasteiger charge is 2.31. The standard InChI is InChI=1S/C14H22N2/c15-10-9-14(7-3-1-2-4-8-14)13-6-5-11-16-12-13/h5-6,11-12H,1-4,7-10,15H2. The second-order valence-corrected chi connectivity index (χ2v) is 4.97. The van der Waals surface area contributed by atoms with Crippen molar-refractivity contribution in [3.63, 3.8) is 0 Å². The summed E-state index contributed by atoms with van der Waals surface area (Å²) in [5.74, 6) is 0. The van der Waals surface area contributed by atoms with Crippen molar-refractivity contribution in [3.05, 3.63) is 30.1 Å². The Labute approximate surface area is 98.3 Å². The highest BCUT2D eigenvalue weighted by atomic mass is 14.6. The van der Waals surface area contributed by atoms with Gasteiger partial charge in [0.1, 0.15) is 0 Å². The molecule has 1 aromatic rings. The summed E-state index contributed by atoms with van der Waals surface area (Å²) in [6.45, 7) is 0.787. The Kier molecular flexibility index (Phi) is 3.94. The lowest BCUT2D eigenvalue weighted by atomic mass is 9.72. The zero-order valence-corrected chi connectivity index (χ0v) is 9.99. The van der Waals surface area contributed by atoms with Crippen LogP contribution in [0.2, 0.25) is 0 Å². The summed E-state index contributed by atoms with van der Waals surface area (Å²) in [5.41, 5.74) is 7.54. The average Bonchev–Trinajstić information content (AvgIpc) is 2.57. The third kappa shape index (κ3) is 2.43.